The molecule has 4 nitrogen and oxygen atoms in total. The summed E-state index contributed by atoms with van der Waals surface area (Å²) in [7, 11) is 0. The molecule has 0 aromatic rings. The van der Waals surface area contributed by atoms with Crippen LogP contribution in [-0.4, -0.2) is 23.0 Å². The van der Waals surface area contributed by atoms with Crippen LogP contribution in [0.3, 0.4) is 0 Å². The highest BCUT2D eigenvalue weighted by molar-refractivity contribution is 5.67. The SMILES string of the molecule is CC(C)CC(O)NC(=O)OC(C)(C)C. The summed E-state index contributed by atoms with van der Waals surface area (Å²) in [4.78, 5) is 11.2. The van der Waals surface area contributed by atoms with Gasteiger partial charge in [-0.3, -0.25) is 5.32 Å². The number of hydrogen-bond donors (Lipinski definition) is 2. The van der Waals surface area contributed by atoms with Crippen molar-refractivity contribution in [3.8, 4) is 0 Å². The largest absolute Gasteiger partial charge is 0.444 e. The Morgan fingerprint density at radius 2 is 1.93 bits per heavy atom. The van der Waals surface area contributed by atoms with Gasteiger partial charge in [-0.05, 0) is 33.1 Å². The minimum atomic E-state index is -0.829. The fourth-order valence-electron chi connectivity index (χ4n) is 0.949. The van der Waals surface area contributed by atoms with E-state index in [9.17, 15) is 9.90 Å². The summed E-state index contributed by atoms with van der Waals surface area (Å²) in [5.74, 6) is 0.333. The fourth-order valence-corrected chi connectivity index (χ4v) is 0.949. The highest BCUT2D eigenvalue weighted by atomic mass is 16.6. The van der Waals surface area contributed by atoms with Crippen LogP contribution in [0, 0.1) is 5.92 Å². The van der Waals surface area contributed by atoms with E-state index in [-0.39, 0.29) is 0 Å². The van der Waals surface area contributed by atoms with Gasteiger partial charge in [0.15, 0.2) is 0 Å². The number of alkyl carbamates (subject to hydrolysis) is 1. The van der Waals surface area contributed by atoms with Gasteiger partial charge in [-0.2, -0.15) is 0 Å². The Morgan fingerprint density at radius 3 is 2.29 bits per heavy atom. The molecule has 0 aromatic heterocycles. The summed E-state index contributed by atoms with van der Waals surface area (Å²) < 4.78 is 4.98. The molecule has 0 spiro atoms. The number of aliphatic hydroxyl groups is 1. The van der Waals surface area contributed by atoms with Crippen LogP contribution in [0.25, 0.3) is 0 Å². The van der Waals surface area contributed by atoms with Gasteiger partial charge < -0.3 is 9.84 Å². The lowest BCUT2D eigenvalue weighted by atomic mass is 10.1. The maximum Gasteiger partial charge on any atom is 0.409 e. The second kappa shape index (κ2) is 5.20. The normalized spacial score (nSPS) is 13.9. The van der Waals surface area contributed by atoms with Crippen LogP contribution in [-0.2, 0) is 4.74 Å². The minimum Gasteiger partial charge on any atom is -0.444 e. The molecule has 0 heterocycles. The zero-order valence-electron chi connectivity index (χ0n) is 9.63. The standard InChI is InChI=1S/C10H21NO3/c1-7(2)6-8(12)11-9(13)14-10(3,4)5/h7-8,12H,6H2,1-5H3,(H,11,13). The molecule has 0 saturated carbocycles. The molecule has 0 aliphatic heterocycles. The summed E-state index contributed by atoms with van der Waals surface area (Å²) in [5.41, 5.74) is -0.526. The van der Waals surface area contributed by atoms with Crippen LogP contribution in [0.5, 0.6) is 0 Å². The third-order valence-electron chi connectivity index (χ3n) is 1.38. The molecule has 0 radical (unpaired) electrons. The summed E-state index contributed by atoms with van der Waals surface area (Å²) in [6.07, 6.45) is -0.880. The van der Waals surface area contributed by atoms with E-state index in [1.165, 1.54) is 0 Å². The molecular formula is C10H21NO3. The Morgan fingerprint density at radius 1 is 1.43 bits per heavy atom. The van der Waals surface area contributed by atoms with E-state index in [0.717, 1.165) is 0 Å². The molecule has 0 aliphatic carbocycles. The molecule has 4 heteroatoms. The van der Waals surface area contributed by atoms with E-state index in [2.05, 4.69) is 5.32 Å². The van der Waals surface area contributed by atoms with Gasteiger partial charge in [0.2, 0.25) is 0 Å². The number of carbonyl (C=O) groups excluding carboxylic acids is 1. The molecule has 0 fully saturated rings. The molecule has 0 rings (SSSR count). The first-order valence-electron chi connectivity index (χ1n) is 4.88. The Kier molecular flexibility index (Phi) is 4.91. The summed E-state index contributed by atoms with van der Waals surface area (Å²) in [6, 6.07) is 0. The molecule has 0 bridgehead atoms. The van der Waals surface area contributed by atoms with Crippen molar-refractivity contribution in [3.63, 3.8) is 0 Å². The molecule has 14 heavy (non-hydrogen) atoms. The Balaban J connectivity index is 3.83. The first-order chi connectivity index (χ1) is 6.20. The average molecular weight is 203 g/mol. The van der Waals surface area contributed by atoms with Crippen molar-refractivity contribution in [1.82, 2.24) is 5.32 Å². The predicted molar refractivity (Wildman–Crippen MR) is 54.8 cm³/mol. The quantitative estimate of drug-likeness (QED) is 0.688. The fraction of sp³-hybridized carbons (Fsp3) is 0.900. The van der Waals surface area contributed by atoms with Crippen molar-refractivity contribution >= 4 is 6.09 Å². The van der Waals surface area contributed by atoms with Crippen molar-refractivity contribution in [2.45, 2.75) is 52.9 Å². The molecule has 84 valence electrons. The predicted octanol–water partition coefficient (Wildman–Crippen LogP) is 1.88. The van der Waals surface area contributed by atoms with Crippen LogP contribution in [0.15, 0.2) is 0 Å². The van der Waals surface area contributed by atoms with Crippen LogP contribution < -0.4 is 5.32 Å². The third-order valence-corrected chi connectivity index (χ3v) is 1.38. The van der Waals surface area contributed by atoms with Crippen molar-refractivity contribution < 1.29 is 14.6 Å². The molecule has 1 amide bonds. The molecule has 0 saturated heterocycles. The zero-order chi connectivity index (χ0) is 11.4. The molecule has 2 N–H and O–H groups in total. The van der Waals surface area contributed by atoms with Crippen molar-refractivity contribution in [2.75, 3.05) is 0 Å². The molecule has 1 unspecified atom stereocenters. The van der Waals surface area contributed by atoms with E-state index >= 15 is 0 Å². The Bertz CT molecular complexity index is 184. The summed E-state index contributed by atoms with van der Waals surface area (Å²) in [6.45, 7) is 9.28. The van der Waals surface area contributed by atoms with E-state index in [0.29, 0.717) is 12.3 Å². The number of hydrogen-bond acceptors (Lipinski definition) is 3. The average Bonchev–Trinajstić information content (AvgIpc) is 1.77. The second-order valence-electron chi connectivity index (χ2n) is 4.79. The van der Waals surface area contributed by atoms with Crippen LogP contribution in [0.2, 0.25) is 0 Å². The van der Waals surface area contributed by atoms with E-state index in [4.69, 9.17) is 4.74 Å². The van der Waals surface area contributed by atoms with Crippen LogP contribution >= 0.6 is 0 Å². The third kappa shape index (κ3) is 7.86. The number of nitrogens with one attached hydrogen (secondary N) is 1. The molecule has 0 aliphatic rings. The summed E-state index contributed by atoms with van der Waals surface area (Å²) >= 11 is 0. The van der Waals surface area contributed by atoms with Gasteiger partial charge in [-0.15, -0.1) is 0 Å². The molecule has 1 atom stereocenters. The number of ether oxygens (including phenoxy) is 1. The highest BCUT2D eigenvalue weighted by Crippen LogP contribution is 2.08. The van der Waals surface area contributed by atoms with Gasteiger partial charge in [0.1, 0.15) is 11.8 Å². The molecule has 0 aromatic carbocycles. The van der Waals surface area contributed by atoms with Gasteiger partial charge in [-0.25, -0.2) is 4.79 Å². The number of amides is 1. The number of rotatable bonds is 3. The maximum atomic E-state index is 11.2. The van der Waals surface area contributed by atoms with Gasteiger partial charge in [0.25, 0.3) is 0 Å². The number of carbonyl (C=O) groups is 1. The summed E-state index contributed by atoms with van der Waals surface area (Å²) in [5, 5.41) is 11.7. The Hall–Kier alpha value is -0.770. The van der Waals surface area contributed by atoms with Crippen molar-refractivity contribution in [2.24, 2.45) is 5.92 Å². The zero-order valence-corrected chi connectivity index (χ0v) is 9.63. The lowest BCUT2D eigenvalue weighted by Gasteiger charge is -2.21. The van der Waals surface area contributed by atoms with Crippen LogP contribution in [0.1, 0.15) is 41.0 Å². The first kappa shape index (κ1) is 13.2. The topological polar surface area (TPSA) is 58.6 Å². The van der Waals surface area contributed by atoms with Gasteiger partial charge >= 0.3 is 6.09 Å². The monoisotopic (exact) mass is 203 g/mol. The first-order valence-corrected chi connectivity index (χ1v) is 4.88. The number of aliphatic hydroxyl groups excluding tert-OH is 1. The lowest BCUT2D eigenvalue weighted by Crippen LogP contribution is -2.39. The highest BCUT2D eigenvalue weighted by Gasteiger charge is 2.18. The van der Waals surface area contributed by atoms with E-state index in [1.807, 2.05) is 13.8 Å². The minimum absolute atomic E-state index is 0.333. The van der Waals surface area contributed by atoms with Crippen LogP contribution in [0.4, 0.5) is 4.79 Å². The van der Waals surface area contributed by atoms with E-state index in [1.54, 1.807) is 20.8 Å². The van der Waals surface area contributed by atoms with Crippen molar-refractivity contribution in [1.29, 1.82) is 0 Å². The van der Waals surface area contributed by atoms with E-state index < -0.39 is 17.9 Å². The second-order valence-corrected chi connectivity index (χ2v) is 4.79. The van der Waals surface area contributed by atoms with Gasteiger partial charge in [0, 0.05) is 0 Å². The van der Waals surface area contributed by atoms with Crippen molar-refractivity contribution in [3.05, 3.63) is 0 Å². The van der Waals surface area contributed by atoms with Gasteiger partial charge in [0.05, 0.1) is 0 Å². The van der Waals surface area contributed by atoms with Gasteiger partial charge in [-0.1, -0.05) is 13.8 Å². The Labute approximate surface area is 85.6 Å². The smallest absolute Gasteiger partial charge is 0.409 e. The lowest BCUT2D eigenvalue weighted by molar-refractivity contribution is 0.0324. The maximum absolute atomic E-state index is 11.2. The molecular weight excluding hydrogens is 182 g/mol.